The van der Waals surface area contributed by atoms with E-state index in [4.69, 9.17) is 0 Å². The Labute approximate surface area is 275 Å². The molecule has 0 aliphatic heterocycles. The summed E-state index contributed by atoms with van der Waals surface area (Å²) in [5.74, 6) is -8.80. The van der Waals surface area contributed by atoms with Crippen molar-refractivity contribution >= 4 is 35.0 Å². The molecule has 0 amide bonds. The van der Waals surface area contributed by atoms with Crippen LogP contribution in [0.4, 0.5) is 8.78 Å². The summed E-state index contributed by atoms with van der Waals surface area (Å²) in [6, 6.07) is 17.6. The number of rotatable bonds is 10. The van der Waals surface area contributed by atoms with Crippen molar-refractivity contribution in [1.29, 1.82) is 0 Å². The van der Waals surface area contributed by atoms with E-state index in [0.717, 1.165) is 11.1 Å². The number of hydrogen-bond acceptors (Lipinski definition) is 8. The van der Waals surface area contributed by atoms with Gasteiger partial charge in [0.05, 0.1) is 0 Å². The van der Waals surface area contributed by atoms with Crippen LogP contribution in [0.2, 0.25) is 0 Å². The van der Waals surface area contributed by atoms with Crippen LogP contribution in [-0.4, -0.2) is 32.6 Å². The van der Waals surface area contributed by atoms with Gasteiger partial charge in [0.15, 0.2) is 0 Å². The number of nitrogens with zero attached hydrogens (tertiary/aromatic N) is 2. The van der Waals surface area contributed by atoms with Crippen LogP contribution < -0.4 is 20.4 Å². The van der Waals surface area contributed by atoms with Crippen LogP contribution in [0.5, 0.6) is 0 Å². The topological polar surface area (TPSA) is 170 Å². The number of halogens is 2. The number of benzene rings is 2. The molecule has 2 heterocycles. The third-order valence-electron chi connectivity index (χ3n) is 5.62. The molecule has 10 nitrogen and oxygen atoms in total. The zero-order valence-electron chi connectivity index (χ0n) is 23.0. The summed E-state index contributed by atoms with van der Waals surface area (Å²) in [6.45, 7) is 0.587. The van der Waals surface area contributed by atoms with Crippen molar-refractivity contribution in [2.24, 2.45) is 0 Å². The second-order valence-electron chi connectivity index (χ2n) is 8.62. The molecule has 0 bridgehead atoms. The van der Waals surface area contributed by atoms with E-state index in [-0.39, 0.29) is 62.0 Å². The smallest absolute Gasteiger partial charge is 0.871 e. The summed E-state index contributed by atoms with van der Waals surface area (Å²) in [6.07, 6.45) is 4.17. The Morgan fingerprint density at radius 3 is 1.18 bits per heavy atom. The summed E-state index contributed by atoms with van der Waals surface area (Å²) < 4.78 is 28.7. The first-order chi connectivity index (χ1) is 19.9. The van der Waals surface area contributed by atoms with E-state index in [1.54, 1.807) is 48.8 Å². The molecule has 0 fully saturated rings. The fourth-order valence-corrected chi connectivity index (χ4v) is 3.63. The standard InChI is InChI=1S/2C15H12FNO4.2Zn/c2*16-11-5-3-10(4-6-11)9-17-7-1-2-12(17)13(18)8-14(19)15(20)21;;/h2*1-8,18H,9H2,(H,20,21);;/q;;2*+2/p-4/b2*13-8-;;. The van der Waals surface area contributed by atoms with Crippen molar-refractivity contribution in [3.8, 4) is 0 Å². The number of aromatic nitrogens is 2. The summed E-state index contributed by atoms with van der Waals surface area (Å²) in [5.41, 5.74) is 1.84. The van der Waals surface area contributed by atoms with Gasteiger partial charge in [-0.15, -0.1) is 0 Å². The van der Waals surface area contributed by atoms with Gasteiger partial charge in [-0.25, -0.2) is 8.78 Å². The second kappa shape index (κ2) is 17.6. The molecule has 0 aliphatic carbocycles. The predicted octanol–water partition coefficient (Wildman–Crippen LogP) is -0.614. The van der Waals surface area contributed by atoms with Gasteiger partial charge >= 0.3 is 39.0 Å². The molecule has 4 aromatic rings. The van der Waals surface area contributed by atoms with E-state index in [1.165, 1.54) is 45.5 Å². The molecule has 0 spiro atoms. The molecular weight excluding hydrogens is 685 g/mol. The van der Waals surface area contributed by atoms with Gasteiger partial charge in [0.1, 0.15) is 23.6 Å². The molecule has 2 aromatic carbocycles. The first-order valence-corrected chi connectivity index (χ1v) is 12.0. The largest absolute Gasteiger partial charge is 2.00 e. The summed E-state index contributed by atoms with van der Waals surface area (Å²) >= 11 is 0. The molecule has 0 N–H and O–H groups in total. The SMILES string of the molecule is O=C([O-])C(=O)/C=C(\[O-])c1cccn1Cc1ccc(F)cc1.O=C([O-])C(=O)/C=C(\[O-])c1cccn1Cc1ccc(F)cc1.[Zn+2].[Zn+2]. The predicted molar refractivity (Wildman–Crippen MR) is 136 cm³/mol. The molecule has 0 unspecified atom stereocenters. The van der Waals surface area contributed by atoms with Gasteiger partial charge in [0, 0.05) is 36.9 Å². The molecule has 0 radical (unpaired) electrons. The Morgan fingerprint density at radius 1 is 0.568 bits per heavy atom. The van der Waals surface area contributed by atoms with Gasteiger partial charge in [0.2, 0.25) is 11.6 Å². The second-order valence-corrected chi connectivity index (χ2v) is 8.62. The Morgan fingerprint density at radius 2 is 0.886 bits per heavy atom. The van der Waals surface area contributed by atoms with Gasteiger partial charge < -0.3 is 39.1 Å². The minimum absolute atomic E-state index is 0. The van der Waals surface area contributed by atoms with Crippen molar-refractivity contribution in [2.45, 2.75) is 13.1 Å². The molecule has 216 valence electrons. The number of carboxylic acids is 2. The number of carbonyl (C=O) groups excluding carboxylic acids is 4. The van der Waals surface area contributed by atoms with Gasteiger partial charge in [-0.1, -0.05) is 35.8 Å². The quantitative estimate of drug-likeness (QED) is 0.0911. The summed E-state index contributed by atoms with van der Waals surface area (Å²) in [5, 5.41) is 44.3. The maximum absolute atomic E-state index is 12.8. The van der Waals surface area contributed by atoms with Crippen LogP contribution in [0, 0.1) is 11.6 Å². The van der Waals surface area contributed by atoms with E-state index in [9.17, 15) is 48.4 Å². The Hall–Kier alpha value is -4.53. The minimum Gasteiger partial charge on any atom is -0.871 e. The molecule has 0 saturated carbocycles. The number of aliphatic carboxylic acids is 2. The van der Waals surface area contributed by atoms with Crippen LogP contribution >= 0.6 is 0 Å². The molecule has 4 rings (SSSR count). The Balaban J connectivity index is 0.000000421. The normalized spacial score (nSPS) is 10.9. The van der Waals surface area contributed by atoms with Crippen LogP contribution in [0.15, 0.2) is 97.3 Å². The number of carbonyl (C=O) groups is 4. The van der Waals surface area contributed by atoms with E-state index in [1.807, 2.05) is 0 Å². The maximum atomic E-state index is 12.8. The van der Waals surface area contributed by atoms with Crippen molar-refractivity contribution in [2.75, 3.05) is 0 Å². The molecular formula is C30H20F2N2O8Zn2. The molecule has 0 atom stereocenters. The number of carboxylic acid groups (broad SMARTS) is 2. The fraction of sp³-hybridized carbons (Fsp3) is 0.0667. The third kappa shape index (κ3) is 10.9. The molecule has 0 saturated heterocycles. The first kappa shape index (κ1) is 37.5. The average Bonchev–Trinajstić information content (AvgIpc) is 3.61. The zero-order valence-corrected chi connectivity index (χ0v) is 28.9. The van der Waals surface area contributed by atoms with Gasteiger partial charge in [0.25, 0.3) is 0 Å². The monoisotopic (exact) mass is 702 g/mol. The van der Waals surface area contributed by atoms with Crippen LogP contribution in [-0.2, 0) is 71.2 Å². The van der Waals surface area contributed by atoms with Gasteiger partial charge in [-0.3, -0.25) is 9.59 Å². The maximum Gasteiger partial charge on any atom is 2.00 e. The van der Waals surface area contributed by atoms with E-state index in [0.29, 0.717) is 25.2 Å². The Bertz CT molecular complexity index is 1540. The van der Waals surface area contributed by atoms with E-state index in [2.05, 4.69) is 0 Å². The average molecular weight is 705 g/mol. The van der Waals surface area contributed by atoms with Crippen LogP contribution in [0.3, 0.4) is 0 Å². The Kier molecular flexibility index (Phi) is 15.0. The molecule has 0 aliphatic rings. The van der Waals surface area contributed by atoms with Crippen LogP contribution in [0.25, 0.3) is 11.5 Å². The molecule has 2 aromatic heterocycles. The molecule has 14 heteroatoms. The number of ketones is 2. The van der Waals surface area contributed by atoms with Gasteiger partial charge in [-0.05, 0) is 71.8 Å². The first-order valence-electron chi connectivity index (χ1n) is 12.0. The van der Waals surface area contributed by atoms with E-state index >= 15 is 0 Å². The molecule has 44 heavy (non-hydrogen) atoms. The van der Waals surface area contributed by atoms with Gasteiger partial charge in [-0.2, -0.15) is 0 Å². The zero-order chi connectivity index (χ0) is 30.8. The fourth-order valence-electron chi connectivity index (χ4n) is 3.63. The van der Waals surface area contributed by atoms with Crippen molar-refractivity contribution in [3.63, 3.8) is 0 Å². The third-order valence-corrected chi connectivity index (χ3v) is 5.62. The van der Waals surface area contributed by atoms with Crippen molar-refractivity contribution in [3.05, 3.63) is 131 Å². The van der Waals surface area contributed by atoms with Crippen molar-refractivity contribution in [1.82, 2.24) is 9.13 Å². The summed E-state index contributed by atoms with van der Waals surface area (Å²) in [4.78, 5) is 42.6. The van der Waals surface area contributed by atoms with Crippen LogP contribution in [0.1, 0.15) is 22.5 Å². The summed E-state index contributed by atoms with van der Waals surface area (Å²) in [7, 11) is 0. The number of hydrogen-bond donors (Lipinski definition) is 0. The van der Waals surface area contributed by atoms with E-state index < -0.39 is 35.0 Å². The minimum atomic E-state index is -1.93. The van der Waals surface area contributed by atoms with Crippen molar-refractivity contribution < 1.29 is 87.3 Å².